The van der Waals surface area contributed by atoms with Crippen LogP contribution in [0, 0.1) is 0 Å². The molecule has 3 N–H and O–H groups in total. The Morgan fingerprint density at radius 3 is 2.65 bits per heavy atom. The van der Waals surface area contributed by atoms with Crippen LogP contribution in [-0.2, 0) is 0 Å². The normalized spacial score (nSPS) is 15.9. The molecule has 0 unspecified atom stereocenters. The van der Waals surface area contributed by atoms with Gasteiger partial charge in [-0.1, -0.05) is 35.3 Å². The maximum absolute atomic E-state index is 6.25. The standard InChI is InChI=1S/C16H19Cl2N5/c1-20-10-5-7-23(8-6-10)13-9-21-15(16(19)22-13)11-3-2-4-12(17)14(11)18/h2-4,9-10,20H,5-8H2,1H3,(H2,19,22). The van der Waals surface area contributed by atoms with Gasteiger partial charge in [-0.15, -0.1) is 0 Å². The molecule has 0 atom stereocenters. The van der Waals surface area contributed by atoms with Gasteiger partial charge in [0.15, 0.2) is 5.82 Å². The van der Waals surface area contributed by atoms with Crippen LogP contribution in [0.4, 0.5) is 11.6 Å². The number of nitrogens with two attached hydrogens (primary N) is 1. The Balaban J connectivity index is 1.85. The molecule has 1 fully saturated rings. The molecule has 1 aliphatic heterocycles. The first-order valence-corrected chi connectivity index (χ1v) is 8.35. The molecular weight excluding hydrogens is 333 g/mol. The van der Waals surface area contributed by atoms with Crippen LogP contribution in [0.5, 0.6) is 0 Å². The smallest absolute Gasteiger partial charge is 0.152 e. The van der Waals surface area contributed by atoms with Crippen molar-refractivity contribution in [1.29, 1.82) is 0 Å². The fourth-order valence-corrected chi connectivity index (χ4v) is 3.23. The lowest BCUT2D eigenvalue weighted by Crippen LogP contribution is -2.41. The molecule has 3 rings (SSSR count). The highest BCUT2D eigenvalue weighted by Gasteiger charge is 2.20. The Bertz CT molecular complexity index is 699. The van der Waals surface area contributed by atoms with Crippen molar-refractivity contribution in [2.24, 2.45) is 0 Å². The van der Waals surface area contributed by atoms with E-state index >= 15 is 0 Å². The molecule has 0 spiro atoms. The zero-order valence-electron chi connectivity index (χ0n) is 12.9. The Kier molecular flexibility index (Phi) is 4.90. The number of piperidine rings is 1. The molecule has 0 saturated carbocycles. The number of benzene rings is 1. The maximum Gasteiger partial charge on any atom is 0.152 e. The van der Waals surface area contributed by atoms with Gasteiger partial charge in [0.25, 0.3) is 0 Å². The van der Waals surface area contributed by atoms with Gasteiger partial charge >= 0.3 is 0 Å². The molecule has 7 heteroatoms. The molecule has 2 aromatic rings. The summed E-state index contributed by atoms with van der Waals surface area (Å²) in [6.07, 6.45) is 3.92. The summed E-state index contributed by atoms with van der Waals surface area (Å²) >= 11 is 12.3. The van der Waals surface area contributed by atoms with E-state index in [9.17, 15) is 0 Å². The third-order valence-electron chi connectivity index (χ3n) is 4.22. The summed E-state index contributed by atoms with van der Waals surface area (Å²) in [5, 5.41) is 4.23. The first-order valence-electron chi connectivity index (χ1n) is 7.59. The summed E-state index contributed by atoms with van der Waals surface area (Å²) in [7, 11) is 2.00. The topological polar surface area (TPSA) is 67.1 Å². The van der Waals surface area contributed by atoms with Crippen LogP contribution < -0.4 is 16.0 Å². The number of halogens is 2. The lowest BCUT2D eigenvalue weighted by Gasteiger charge is -2.32. The van der Waals surface area contributed by atoms with Gasteiger partial charge < -0.3 is 16.0 Å². The SMILES string of the molecule is CNC1CCN(c2cnc(-c3cccc(Cl)c3Cl)c(N)n2)CC1. The van der Waals surface area contributed by atoms with Gasteiger partial charge in [0.05, 0.1) is 16.2 Å². The van der Waals surface area contributed by atoms with Crippen LogP contribution >= 0.6 is 23.2 Å². The Morgan fingerprint density at radius 2 is 2.00 bits per heavy atom. The van der Waals surface area contributed by atoms with Gasteiger partial charge in [-0.25, -0.2) is 9.97 Å². The molecule has 23 heavy (non-hydrogen) atoms. The largest absolute Gasteiger partial charge is 0.382 e. The number of nitrogens with zero attached hydrogens (tertiary/aromatic N) is 3. The van der Waals surface area contributed by atoms with Crippen LogP contribution in [0.2, 0.25) is 10.0 Å². The Morgan fingerprint density at radius 1 is 1.26 bits per heavy atom. The number of hydrogen-bond donors (Lipinski definition) is 2. The molecule has 0 aliphatic carbocycles. The maximum atomic E-state index is 6.25. The van der Waals surface area contributed by atoms with E-state index in [0.717, 1.165) is 31.7 Å². The predicted octanol–water partition coefficient (Wildman–Crippen LogP) is 3.22. The van der Waals surface area contributed by atoms with Crippen molar-refractivity contribution in [3.05, 3.63) is 34.4 Å². The highest BCUT2D eigenvalue weighted by atomic mass is 35.5. The number of nitrogen functional groups attached to an aromatic ring is 1. The molecule has 1 saturated heterocycles. The molecule has 122 valence electrons. The number of rotatable bonds is 3. The number of aromatic nitrogens is 2. The fourth-order valence-electron chi connectivity index (χ4n) is 2.84. The molecule has 1 aliphatic rings. The van der Waals surface area contributed by atoms with Crippen LogP contribution in [0.1, 0.15) is 12.8 Å². The second-order valence-electron chi connectivity index (χ2n) is 5.61. The van der Waals surface area contributed by atoms with Gasteiger partial charge in [0.2, 0.25) is 0 Å². The van der Waals surface area contributed by atoms with E-state index in [1.807, 2.05) is 19.2 Å². The fraction of sp³-hybridized carbons (Fsp3) is 0.375. The highest BCUT2D eigenvalue weighted by molar-refractivity contribution is 6.43. The first-order chi connectivity index (χ1) is 11.1. The molecule has 0 bridgehead atoms. The van der Waals surface area contributed by atoms with E-state index in [-0.39, 0.29) is 0 Å². The minimum atomic E-state index is 0.363. The molecule has 0 radical (unpaired) electrons. The van der Waals surface area contributed by atoms with Gasteiger partial charge in [0.1, 0.15) is 11.5 Å². The van der Waals surface area contributed by atoms with Crippen molar-refractivity contribution in [3.8, 4) is 11.3 Å². The Labute approximate surface area is 145 Å². The van der Waals surface area contributed by atoms with E-state index in [1.54, 1.807) is 12.3 Å². The van der Waals surface area contributed by atoms with E-state index in [2.05, 4.69) is 20.2 Å². The van der Waals surface area contributed by atoms with Crippen LogP contribution in [0.3, 0.4) is 0 Å². The number of hydrogen-bond acceptors (Lipinski definition) is 5. The monoisotopic (exact) mass is 351 g/mol. The van der Waals surface area contributed by atoms with E-state index in [4.69, 9.17) is 28.9 Å². The molecule has 1 aromatic heterocycles. The first kappa shape index (κ1) is 16.3. The summed E-state index contributed by atoms with van der Waals surface area (Å²) in [5.74, 6) is 1.17. The van der Waals surface area contributed by atoms with Crippen molar-refractivity contribution < 1.29 is 0 Å². The molecule has 1 aromatic carbocycles. The van der Waals surface area contributed by atoms with Gasteiger partial charge in [-0.2, -0.15) is 0 Å². The summed E-state index contributed by atoms with van der Waals surface area (Å²) < 4.78 is 0. The second kappa shape index (κ2) is 6.91. The van der Waals surface area contributed by atoms with Crippen molar-refractivity contribution in [3.63, 3.8) is 0 Å². The van der Waals surface area contributed by atoms with Crippen LogP contribution in [0.15, 0.2) is 24.4 Å². The van der Waals surface area contributed by atoms with Gasteiger partial charge in [-0.3, -0.25) is 0 Å². The van der Waals surface area contributed by atoms with Gasteiger partial charge in [-0.05, 0) is 26.0 Å². The third-order valence-corrected chi connectivity index (χ3v) is 5.04. The molecule has 5 nitrogen and oxygen atoms in total. The summed E-state index contributed by atoms with van der Waals surface area (Å²) in [4.78, 5) is 11.2. The zero-order chi connectivity index (χ0) is 16.4. The second-order valence-corrected chi connectivity index (χ2v) is 6.40. The van der Waals surface area contributed by atoms with E-state index in [0.29, 0.717) is 33.2 Å². The predicted molar refractivity (Wildman–Crippen MR) is 96.2 cm³/mol. The average molecular weight is 352 g/mol. The summed E-state index contributed by atoms with van der Waals surface area (Å²) in [5.41, 5.74) is 7.38. The molecule has 0 amide bonds. The van der Waals surface area contributed by atoms with Crippen molar-refractivity contribution in [2.45, 2.75) is 18.9 Å². The van der Waals surface area contributed by atoms with Crippen molar-refractivity contribution in [2.75, 3.05) is 30.8 Å². The number of nitrogens with one attached hydrogen (secondary N) is 1. The van der Waals surface area contributed by atoms with Crippen LogP contribution in [-0.4, -0.2) is 36.1 Å². The highest BCUT2D eigenvalue weighted by Crippen LogP contribution is 2.35. The lowest BCUT2D eigenvalue weighted by molar-refractivity contribution is 0.440. The third kappa shape index (κ3) is 3.37. The van der Waals surface area contributed by atoms with Crippen LogP contribution in [0.25, 0.3) is 11.3 Å². The summed E-state index contributed by atoms with van der Waals surface area (Å²) in [6, 6.07) is 5.96. The van der Waals surface area contributed by atoms with Crippen molar-refractivity contribution >= 4 is 34.8 Å². The minimum Gasteiger partial charge on any atom is -0.382 e. The zero-order valence-corrected chi connectivity index (χ0v) is 14.4. The lowest BCUT2D eigenvalue weighted by atomic mass is 10.1. The van der Waals surface area contributed by atoms with Crippen molar-refractivity contribution in [1.82, 2.24) is 15.3 Å². The Hall–Kier alpha value is -1.56. The summed E-state index contributed by atoms with van der Waals surface area (Å²) in [6.45, 7) is 1.88. The van der Waals surface area contributed by atoms with E-state index < -0.39 is 0 Å². The molecule has 2 heterocycles. The number of anilines is 2. The van der Waals surface area contributed by atoms with E-state index in [1.165, 1.54) is 0 Å². The van der Waals surface area contributed by atoms with Gasteiger partial charge in [0, 0.05) is 24.7 Å². The average Bonchev–Trinajstić information content (AvgIpc) is 2.58. The molecular formula is C16H19Cl2N5. The minimum absolute atomic E-state index is 0.363. The quantitative estimate of drug-likeness (QED) is 0.888.